The first-order valence-corrected chi connectivity index (χ1v) is 7.71. The highest BCUT2D eigenvalue weighted by Crippen LogP contribution is 2.27. The molecule has 1 atom stereocenters. The Morgan fingerprint density at radius 3 is 2.61 bits per heavy atom. The zero-order valence-corrected chi connectivity index (χ0v) is 12.5. The van der Waals surface area contributed by atoms with Gasteiger partial charge in [0.25, 0.3) is 0 Å². The van der Waals surface area contributed by atoms with E-state index in [1.165, 1.54) is 25.1 Å². The van der Waals surface area contributed by atoms with Crippen LogP contribution >= 0.6 is 15.9 Å². The summed E-state index contributed by atoms with van der Waals surface area (Å²) in [5, 5.41) is 1.35. The molecule has 0 heterocycles. The molecule has 1 rings (SSSR count). The Bertz CT molecular complexity index is 557. The van der Waals surface area contributed by atoms with E-state index in [1.54, 1.807) is 6.92 Å². The zero-order valence-electron chi connectivity index (χ0n) is 10.1. The topological polar surface area (TPSA) is 89.3 Å². The molecule has 1 aromatic rings. The molecule has 1 unspecified atom stereocenters. The Labute approximate surface area is 115 Å². The number of anilines is 1. The van der Waals surface area contributed by atoms with E-state index in [0.29, 0.717) is 16.7 Å². The van der Waals surface area contributed by atoms with E-state index in [9.17, 15) is 13.2 Å². The monoisotopic (exact) mass is 334 g/mol. The van der Waals surface area contributed by atoms with Crippen molar-refractivity contribution in [3.63, 3.8) is 0 Å². The van der Waals surface area contributed by atoms with Crippen LogP contribution in [0.4, 0.5) is 5.69 Å². The van der Waals surface area contributed by atoms with E-state index in [0.717, 1.165) is 0 Å². The lowest BCUT2D eigenvalue weighted by molar-refractivity contribution is -0.120. The molecule has 0 radical (unpaired) electrons. The van der Waals surface area contributed by atoms with Crippen molar-refractivity contribution in [3.8, 4) is 0 Å². The maximum Gasteiger partial charge on any atom is 0.238 e. The quantitative estimate of drug-likeness (QED) is 0.813. The first-order valence-electron chi connectivity index (χ1n) is 5.37. The Balaban J connectivity index is 3.17. The van der Waals surface area contributed by atoms with Gasteiger partial charge < -0.3 is 11.1 Å². The second-order valence-electron chi connectivity index (χ2n) is 3.77. The van der Waals surface area contributed by atoms with Crippen LogP contribution in [0.25, 0.3) is 0 Å². The van der Waals surface area contributed by atoms with E-state index >= 15 is 0 Å². The van der Waals surface area contributed by atoms with E-state index in [1.807, 2.05) is 0 Å². The number of benzene rings is 1. The van der Waals surface area contributed by atoms with Crippen molar-refractivity contribution < 1.29 is 13.2 Å². The van der Waals surface area contributed by atoms with Gasteiger partial charge in [-0.1, -0.05) is 0 Å². The second kappa shape index (κ2) is 5.71. The number of nitrogen functional groups attached to an aromatic ring is 1. The van der Waals surface area contributed by atoms with Gasteiger partial charge in [0.15, 0.2) is 9.84 Å². The molecule has 0 aliphatic carbocycles. The lowest BCUT2D eigenvalue weighted by Crippen LogP contribution is -2.37. The van der Waals surface area contributed by atoms with Crippen molar-refractivity contribution in [3.05, 3.63) is 22.7 Å². The number of amides is 1. The molecule has 0 saturated heterocycles. The molecule has 1 aromatic carbocycles. The van der Waals surface area contributed by atoms with Crippen LogP contribution < -0.4 is 11.1 Å². The highest BCUT2D eigenvalue weighted by atomic mass is 79.9. The Morgan fingerprint density at radius 1 is 1.50 bits per heavy atom. The number of rotatable bonds is 4. The molecule has 0 aliphatic rings. The summed E-state index contributed by atoms with van der Waals surface area (Å²) >= 11 is 3.15. The average Bonchev–Trinajstić information content (AvgIpc) is 2.27. The third-order valence-electron chi connectivity index (χ3n) is 2.45. The second-order valence-corrected chi connectivity index (χ2v) is 6.86. The lowest BCUT2D eigenvalue weighted by atomic mass is 10.3. The van der Waals surface area contributed by atoms with Crippen molar-refractivity contribution in [2.45, 2.75) is 24.0 Å². The SMILES string of the molecule is CCNC(=O)C(C)S(=O)(=O)c1ccc(N)cc1Br. The van der Waals surface area contributed by atoms with E-state index < -0.39 is 21.0 Å². The van der Waals surface area contributed by atoms with Crippen LogP contribution in [0.5, 0.6) is 0 Å². The van der Waals surface area contributed by atoms with Crippen LogP contribution in [-0.2, 0) is 14.6 Å². The highest BCUT2D eigenvalue weighted by molar-refractivity contribution is 9.10. The predicted octanol–water partition coefficient (Wildman–Crippen LogP) is 1.33. The molecular formula is C11H15BrN2O3S. The minimum Gasteiger partial charge on any atom is -0.399 e. The molecule has 3 N–H and O–H groups in total. The highest BCUT2D eigenvalue weighted by Gasteiger charge is 2.30. The van der Waals surface area contributed by atoms with Gasteiger partial charge in [0, 0.05) is 16.7 Å². The lowest BCUT2D eigenvalue weighted by Gasteiger charge is -2.14. The van der Waals surface area contributed by atoms with Crippen molar-refractivity contribution in [1.29, 1.82) is 0 Å². The molecule has 0 spiro atoms. The molecule has 0 aliphatic heterocycles. The normalized spacial score (nSPS) is 13.1. The van der Waals surface area contributed by atoms with Gasteiger partial charge in [-0.25, -0.2) is 8.42 Å². The summed E-state index contributed by atoms with van der Waals surface area (Å²) < 4.78 is 24.9. The van der Waals surface area contributed by atoms with Gasteiger partial charge in [-0.15, -0.1) is 0 Å². The molecule has 0 fully saturated rings. The summed E-state index contributed by atoms with van der Waals surface area (Å²) in [5.74, 6) is -0.513. The minimum atomic E-state index is -3.72. The zero-order chi connectivity index (χ0) is 13.9. The third-order valence-corrected chi connectivity index (χ3v) is 5.48. The number of nitrogens with two attached hydrogens (primary N) is 1. The fraction of sp³-hybridized carbons (Fsp3) is 0.364. The Morgan fingerprint density at radius 2 is 2.11 bits per heavy atom. The standard InChI is InChI=1S/C11H15BrN2O3S/c1-3-14-11(15)7(2)18(16,17)10-5-4-8(13)6-9(10)12/h4-7H,3,13H2,1-2H3,(H,14,15). The molecule has 7 heteroatoms. The number of carbonyl (C=O) groups is 1. The molecule has 0 saturated carbocycles. The predicted molar refractivity (Wildman–Crippen MR) is 73.9 cm³/mol. The van der Waals surface area contributed by atoms with Crippen LogP contribution in [0.1, 0.15) is 13.8 Å². The van der Waals surface area contributed by atoms with E-state index in [4.69, 9.17) is 5.73 Å². The van der Waals surface area contributed by atoms with Crippen LogP contribution in [0.2, 0.25) is 0 Å². The average molecular weight is 335 g/mol. The molecule has 0 bridgehead atoms. The van der Waals surface area contributed by atoms with E-state index in [2.05, 4.69) is 21.2 Å². The van der Waals surface area contributed by atoms with Crippen molar-refractivity contribution in [1.82, 2.24) is 5.32 Å². The summed E-state index contributed by atoms with van der Waals surface area (Å²) in [7, 11) is -3.72. The van der Waals surface area contributed by atoms with Crippen LogP contribution in [0.3, 0.4) is 0 Å². The van der Waals surface area contributed by atoms with Crippen LogP contribution in [-0.4, -0.2) is 26.1 Å². The molecule has 18 heavy (non-hydrogen) atoms. The fourth-order valence-corrected chi connectivity index (χ4v) is 3.81. The summed E-state index contributed by atoms with van der Waals surface area (Å²) in [4.78, 5) is 11.7. The number of hydrogen-bond acceptors (Lipinski definition) is 4. The van der Waals surface area contributed by atoms with Crippen molar-refractivity contribution in [2.24, 2.45) is 0 Å². The smallest absolute Gasteiger partial charge is 0.238 e. The molecular weight excluding hydrogens is 320 g/mol. The van der Waals surface area contributed by atoms with Gasteiger partial charge in [-0.05, 0) is 48.0 Å². The van der Waals surface area contributed by atoms with E-state index in [-0.39, 0.29) is 4.90 Å². The summed E-state index contributed by atoms with van der Waals surface area (Å²) in [6, 6.07) is 4.38. The number of carbonyl (C=O) groups excluding carboxylic acids is 1. The molecule has 100 valence electrons. The van der Waals surface area contributed by atoms with Gasteiger partial charge in [-0.2, -0.15) is 0 Å². The van der Waals surface area contributed by atoms with Gasteiger partial charge in [-0.3, -0.25) is 4.79 Å². The fourth-order valence-electron chi connectivity index (χ4n) is 1.40. The largest absolute Gasteiger partial charge is 0.399 e. The van der Waals surface area contributed by atoms with Crippen LogP contribution in [0, 0.1) is 0 Å². The summed E-state index contributed by atoms with van der Waals surface area (Å²) in [5.41, 5.74) is 6.00. The van der Waals surface area contributed by atoms with Crippen LogP contribution in [0.15, 0.2) is 27.6 Å². The maximum absolute atomic E-state index is 12.2. The number of sulfone groups is 1. The molecule has 5 nitrogen and oxygen atoms in total. The maximum atomic E-state index is 12.2. The van der Waals surface area contributed by atoms with Gasteiger partial charge in [0.2, 0.25) is 5.91 Å². The third kappa shape index (κ3) is 3.02. The first-order chi connectivity index (χ1) is 8.30. The molecule has 0 aromatic heterocycles. The number of nitrogens with one attached hydrogen (secondary N) is 1. The van der Waals surface area contributed by atoms with Gasteiger partial charge in [0.05, 0.1) is 4.90 Å². The Kier molecular flexibility index (Phi) is 4.75. The van der Waals surface area contributed by atoms with Gasteiger partial charge in [0.1, 0.15) is 5.25 Å². The number of halogens is 1. The van der Waals surface area contributed by atoms with Crippen molar-refractivity contribution in [2.75, 3.05) is 12.3 Å². The Hall–Kier alpha value is -1.08. The summed E-state index contributed by atoms with van der Waals surface area (Å²) in [6.07, 6.45) is 0. The van der Waals surface area contributed by atoms with Gasteiger partial charge >= 0.3 is 0 Å². The summed E-state index contributed by atoms with van der Waals surface area (Å²) in [6.45, 7) is 3.49. The first kappa shape index (κ1) is 15.0. The molecule has 1 amide bonds. The number of hydrogen-bond donors (Lipinski definition) is 2. The van der Waals surface area contributed by atoms with Crippen molar-refractivity contribution >= 4 is 37.4 Å². The minimum absolute atomic E-state index is 0.0652.